The Morgan fingerprint density at radius 1 is 1.21 bits per heavy atom. The van der Waals surface area contributed by atoms with Crippen molar-refractivity contribution in [1.29, 1.82) is 0 Å². The maximum atomic E-state index is 11.7. The van der Waals surface area contributed by atoms with E-state index >= 15 is 0 Å². The molecule has 0 fully saturated rings. The molecule has 1 aromatic carbocycles. The lowest BCUT2D eigenvalue weighted by Gasteiger charge is -2.07. The first-order valence-corrected chi connectivity index (χ1v) is 3.89. The van der Waals surface area contributed by atoms with Gasteiger partial charge in [-0.05, 0) is 5.56 Å². The third-order valence-corrected chi connectivity index (χ3v) is 1.55. The molecule has 0 spiro atoms. The SMILES string of the molecule is O=C([15NH]Cc1ccccc1)C(F)(F)F. The van der Waals surface area contributed by atoms with Crippen molar-refractivity contribution >= 4 is 5.91 Å². The van der Waals surface area contributed by atoms with E-state index in [1.165, 1.54) is 0 Å². The number of alkyl halides is 3. The molecule has 1 rings (SSSR count). The number of benzene rings is 1. The number of halogens is 3. The minimum absolute atomic E-state index is 0.112. The Morgan fingerprint density at radius 3 is 2.29 bits per heavy atom. The van der Waals surface area contributed by atoms with Crippen LogP contribution in [0.3, 0.4) is 0 Å². The highest BCUT2D eigenvalue weighted by atomic mass is 19.4. The minimum Gasteiger partial charge on any atom is -0.344 e. The van der Waals surface area contributed by atoms with Crippen LogP contribution in [0.4, 0.5) is 13.2 Å². The summed E-state index contributed by atoms with van der Waals surface area (Å²) in [5.74, 6) is -1.92. The Bertz CT molecular complexity index is 308. The third kappa shape index (κ3) is 3.08. The van der Waals surface area contributed by atoms with Gasteiger partial charge in [0.25, 0.3) is 0 Å². The van der Waals surface area contributed by atoms with Crippen molar-refractivity contribution in [1.82, 2.24) is 5.32 Å². The van der Waals surface area contributed by atoms with Crippen LogP contribution in [0.15, 0.2) is 30.3 Å². The summed E-state index contributed by atoms with van der Waals surface area (Å²) in [6.07, 6.45) is -4.81. The molecule has 0 heterocycles. The lowest BCUT2D eigenvalue weighted by Crippen LogP contribution is -2.36. The summed E-state index contributed by atoms with van der Waals surface area (Å²) >= 11 is 0. The molecule has 14 heavy (non-hydrogen) atoms. The van der Waals surface area contributed by atoms with Gasteiger partial charge in [0.1, 0.15) is 0 Å². The van der Waals surface area contributed by atoms with Crippen molar-refractivity contribution in [2.45, 2.75) is 12.7 Å². The van der Waals surface area contributed by atoms with Gasteiger partial charge in [0.2, 0.25) is 0 Å². The number of carbonyl (C=O) groups excluding carboxylic acids is 1. The molecular weight excluding hydrogens is 196 g/mol. The molecule has 1 amide bonds. The van der Waals surface area contributed by atoms with Crippen molar-refractivity contribution in [3.8, 4) is 0 Å². The van der Waals surface area contributed by atoms with Gasteiger partial charge in [-0.25, -0.2) is 0 Å². The summed E-state index contributed by atoms with van der Waals surface area (Å²) in [7, 11) is 0. The molecule has 0 aliphatic carbocycles. The summed E-state index contributed by atoms with van der Waals surface area (Å²) in [6.45, 7) is -0.112. The lowest BCUT2D eigenvalue weighted by atomic mass is 10.2. The molecule has 0 aliphatic heterocycles. The zero-order valence-corrected chi connectivity index (χ0v) is 7.14. The molecule has 76 valence electrons. The number of hydrogen-bond acceptors (Lipinski definition) is 1. The van der Waals surface area contributed by atoms with Crippen molar-refractivity contribution in [2.24, 2.45) is 0 Å². The largest absolute Gasteiger partial charge is 0.471 e. The van der Waals surface area contributed by atoms with Crippen LogP contribution in [0.1, 0.15) is 5.56 Å². The minimum atomic E-state index is -4.81. The van der Waals surface area contributed by atoms with E-state index in [2.05, 4.69) is 0 Å². The van der Waals surface area contributed by atoms with E-state index in [0.29, 0.717) is 5.56 Å². The molecule has 0 bridgehead atoms. The van der Waals surface area contributed by atoms with E-state index in [1.807, 2.05) is 0 Å². The Kier molecular flexibility index (Phi) is 3.11. The molecule has 1 aromatic rings. The Balaban J connectivity index is 2.46. The highest BCUT2D eigenvalue weighted by Crippen LogP contribution is 2.14. The van der Waals surface area contributed by atoms with E-state index in [9.17, 15) is 18.0 Å². The maximum Gasteiger partial charge on any atom is 0.471 e. The molecule has 0 aromatic heterocycles. The van der Waals surface area contributed by atoms with Crippen molar-refractivity contribution < 1.29 is 18.0 Å². The predicted octanol–water partition coefficient (Wildman–Crippen LogP) is 1.87. The van der Waals surface area contributed by atoms with Crippen LogP contribution in [0.25, 0.3) is 0 Å². The summed E-state index contributed by atoms with van der Waals surface area (Å²) < 4.78 is 35.2. The van der Waals surface area contributed by atoms with Crippen LogP contribution >= 0.6 is 0 Å². The van der Waals surface area contributed by atoms with Gasteiger partial charge >= 0.3 is 12.1 Å². The lowest BCUT2D eigenvalue weighted by molar-refractivity contribution is -0.173. The normalized spacial score (nSPS) is 11.1. The van der Waals surface area contributed by atoms with Gasteiger partial charge in [0.15, 0.2) is 0 Å². The smallest absolute Gasteiger partial charge is 0.344 e. The molecule has 5 heteroatoms. The van der Waals surface area contributed by atoms with E-state index < -0.39 is 12.1 Å². The summed E-state index contributed by atoms with van der Waals surface area (Å²) in [4.78, 5) is 10.4. The number of amides is 1. The van der Waals surface area contributed by atoms with Gasteiger partial charge in [-0.15, -0.1) is 0 Å². The van der Waals surface area contributed by atoms with Crippen LogP contribution in [0.2, 0.25) is 0 Å². The average Bonchev–Trinajstić information content (AvgIpc) is 2.14. The van der Waals surface area contributed by atoms with E-state index in [4.69, 9.17) is 0 Å². The average molecular weight is 204 g/mol. The number of nitrogens with one attached hydrogen (secondary N) is 1. The second-order valence-corrected chi connectivity index (χ2v) is 2.67. The molecule has 0 saturated carbocycles. The van der Waals surface area contributed by atoms with Crippen LogP contribution in [0.5, 0.6) is 0 Å². The van der Waals surface area contributed by atoms with Crippen LogP contribution in [-0.4, -0.2) is 12.1 Å². The zero-order chi connectivity index (χ0) is 10.6. The standard InChI is InChI=1S/C9H8F3NO/c10-9(11,12)8(14)13-6-7-4-2-1-3-5-7/h1-5H,6H2,(H,13,14)/i13+1. The Morgan fingerprint density at radius 2 is 1.79 bits per heavy atom. The van der Waals surface area contributed by atoms with Crippen molar-refractivity contribution in [2.75, 3.05) is 0 Å². The number of rotatable bonds is 2. The molecular formula is C9H8F3NO. The fourth-order valence-corrected chi connectivity index (χ4v) is 0.878. The van der Waals surface area contributed by atoms with E-state index in [-0.39, 0.29) is 6.54 Å². The van der Waals surface area contributed by atoms with Crippen LogP contribution in [-0.2, 0) is 11.3 Å². The monoisotopic (exact) mass is 204 g/mol. The summed E-state index contributed by atoms with van der Waals surface area (Å²) in [5.41, 5.74) is 0.630. The van der Waals surface area contributed by atoms with Crippen molar-refractivity contribution in [3.05, 3.63) is 35.9 Å². The second kappa shape index (κ2) is 4.13. The summed E-state index contributed by atoms with van der Waals surface area (Å²) in [5, 5.41) is 1.77. The molecule has 1 N–H and O–H groups in total. The Labute approximate surface area is 78.7 Å². The molecule has 0 saturated heterocycles. The van der Waals surface area contributed by atoms with E-state index in [0.717, 1.165) is 0 Å². The van der Waals surface area contributed by atoms with Gasteiger partial charge in [-0.3, -0.25) is 4.79 Å². The number of hydrogen-bond donors (Lipinski definition) is 1. The third-order valence-electron chi connectivity index (χ3n) is 1.55. The van der Waals surface area contributed by atoms with Gasteiger partial charge in [-0.2, -0.15) is 13.2 Å². The van der Waals surface area contributed by atoms with Gasteiger partial charge in [0.05, 0.1) is 0 Å². The second-order valence-electron chi connectivity index (χ2n) is 2.67. The quantitative estimate of drug-likeness (QED) is 0.732. The van der Waals surface area contributed by atoms with Crippen molar-refractivity contribution in [3.63, 3.8) is 0 Å². The van der Waals surface area contributed by atoms with Gasteiger partial charge < -0.3 is 5.32 Å². The maximum absolute atomic E-state index is 11.7. The first-order chi connectivity index (χ1) is 6.50. The highest BCUT2D eigenvalue weighted by Gasteiger charge is 2.38. The van der Waals surface area contributed by atoms with E-state index in [1.54, 1.807) is 35.6 Å². The van der Waals surface area contributed by atoms with Gasteiger partial charge in [0, 0.05) is 6.54 Å². The molecule has 2 nitrogen and oxygen atoms in total. The fraction of sp³-hybridized carbons (Fsp3) is 0.222. The van der Waals surface area contributed by atoms with Crippen LogP contribution < -0.4 is 5.32 Å². The molecule has 0 aliphatic rings. The Hall–Kier alpha value is -1.52. The molecule has 0 atom stereocenters. The first kappa shape index (κ1) is 10.6. The summed E-state index contributed by atoms with van der Waals surface area (Å²) in [6, 6.07) is 8.40. The molecule has 0 unspecified atom stereocenters. The zero-order valence-electron chi connectivity index (χ0n) is 7.14. The first-order valence-electron chi connectivity index (χ1n) is 3.89. The topological polar surface area (TPSA) is 29.1 Å². The van der Waals surface area contributed by atoms with Gasteiger partial charge in [-0.1, -0.05) is 30.3 Å². The van der Waals surface area contributed by atoms with Crippen LogP contribution in [0, 0.1) is 0 Å². The molecule has 0 radical (unpaired) electrons. The fourth-order valence-electron chi connectivity index (χ4n) is 0.878. The highest BCUT2D eigenvalue weighted by molar-refractivity contribution is 5.81. The number of carbonyl (C=O) groups is 1. The predicted molar refractivity (Wildman–Crippen MR) is 44.3 cm³/mol.